The van der Waals surface area contributed by atoms with Gasteiger partial charge in [-0.05, 0) is 30.5 Å². The zero-order valence-electron chi connectivity index (χ0n) is 15.4. The summed E-state index contributed by atoms with van der Waals surface area (Å²) in [5.74, 6) is -0.0904. The summed E-state index contributed by atoms with van der Waals surface area (Å²) < 4.78 is 5.69. The Morgan fingerprint density at radius 3 is 2.38 bits per heavy atom. The molecule has 0 aromatic heterocycles. The summed E-state index contributed by atoms with van der Waals surface area (Å²) in [7, 11) is 0. The molecule has 2 unspecified atom stereocenters. The molecule has 1 heterocycles. The number of nitrogens with one attached hydrogen (secondary N) is 1. The molecule has 1 aliphatic carbocycles. The molecule has 0 amide bonds. The number of anilines is 1. The molecule has 0 fully saturated rings. The fraction of sp³-hybridized carbons (Fsp3) is 0.250. The first-order chi connectivity index (χ1) is 14.0. The Kier molecular flexibility index (Phi) is 4.94. The predicted molar refractivity (Wildman–Crippen MR) is 106 cm³/mol. The number of allylic oxidation sites excluding steroid dienone is 1. The molecular weight excluding hydrogens is 376 g/mol. The van der Waals surface area contributed by atoms with E-state index in [0.717, 1.165) is 12.1 Å². The summed E-state index contributed by atoms with van der Waals surface area (Å²) in [5.41, 5.74) is 5.76. The van der Waals surface area contributed by atoms with E-state index in [1.807, 2.05) is 30.3 Å². The molecule has 0 saturated carbocycles. The predicted octanol–water partition coefficient (Wildman–Crippen LogP) is 4.22. The maximum Gasteiger partial charge on any atom is 0.364 e. The Labute approximate surface area is 166 Å². The van der Waals surface area contributed by atoms with E-state index in [4.69, 9.17) is 4.74 Å². The number of hydrogen-bond donors (Lipinski definition) is 1. The van der Waals surface area contributed by atoms with Crippen molar-refractivity contribution >= 4 is 17.1 Å². The highest BCUT2D eigenvalue weighted by Gasteiger charge is 2.48. The van der Waals surface area contributed by atoms with E-state index in [1.165, 1.54) is 12.1 Å². The van der Waals surface area contributed by atoms with Crippen LogP contribution in [0.15, 0.2) is 71.0 Å². The Hall–Kier alpha value is -3.75. The van der Waals surface area contributed by atoms with Crippen molar-refractivity contribution in [1.82, 2.24) is 0 Å². The lowest BCUT2D eigenvalue weighted by molar-refractivity contribution is -0.570. The quantitative estimate of drug-likeness (QED) is 0.599. The highest BCUT2D eigenvalue weighted by molar-refractivity contribution is 6.03. The summed E-state index contributed by atoms with van der Waals surface area (Å²) in [4.78, 5) is 21.7. The number of ether oxygens (including phenoxy) is 1. The molecular formula is C20H18N4O5. The van der Waals surface area contributed by atoms with Crippen molar-refractivity contribution in [2.45, 2.75) is 31.4 Å². The molecule has 9 heteroatoms. The van der Waals surface area contributed by atoms with Crippen molar-refractivity contribution in [3.8, 4) is 0 Å². The van der Waals surface area contributed by atoms with Gasteiger partial charge < -0.3 is 4.74 Å². The summed E-state index contributed by atoms with van der Waals surface area (Å²) in [6, 6.07) is 15.2. The van der Waals surface area contributed by atoms with Gasteiger partial charge in [-0.3, -0.25) is 25.7 Å². The van der Waals surface area contributed by atoms with E-state index in [0.29, 0.717) is 35.4 Å². The second-order valence-electron chi connectivity index (χ2n) is 6.85. The normalized spacial score (nSPS) is 22.1. The number of benzene rings is 2. The maximum atomic E-state index is 11.7. The third-order valence-corrected chi connectivity index (χ3v) is 5.05. The number of nitrogens with zero attached hydrogens (tertiary/aromatic N) is 3. The lowest BCUT2D eigenvalue weighted by Crippen LogP contribution is -2.27. The number of rotatable bonds is 5. The third-order valence-electron chi connectivity index (χ3n) is 5.05. The topological polar surface area (TPSA) is 120 Å². The Morgan fingerprint density at radius 2 is 1.72 bits per heavy atom. The lowest BCUT2D eigenvalue weighted by Gasteiger charge is -2.19. The Bertz CT molecular complexity index is 1000. The van der Waals surface area contributed by atoms with Crippen molar-refractivity contribution < 1.29 is 14.6 Å². The van der Waals surface area contributed by atoms with Gasteiger partial charge in [0.05, 0.1) is 21.2 Å². The molecule has 1 aliphatic heterocycles. The minimum absolute atomic E-state index is 0.0669. The smallest absolute Gasteiger partial charge is 0.364 e. The fourth-order valence-corrected chi connectivity index (χ4v) is 3.74. The Balaban J connectivity index is 1.71. The number of nitro groups is 2. The van der Waals surface area contributed by atoms with Crippen LogP contribution in [0.3, 0.4) is 0 Å². The van der Waals surface area contributed by atoms with Crippen LogP contribution in [0.4, 0.5) is 11.4 Å². The molecule has 4 rings (SSSR count). The van der Waals surface area contributed by atoms with Gasteiger partial charge in [-0.1, -0.05) is 30.3 Å². The number of non-ortho nitro benzene ring substituents is 1. The first kappa shape index (κ1) is 18.6. The van der Waals surface area contributed by atoms with Gasteiger partial charge in [0, 0.05) is 24.1 Å². The van der Waals surface area contributed by atoms with Crippen LogP contribution < -0.4 is 5.43 Å². The summed E-state index contributed by atoms with van der Waals surface area (Å²) in [6.07, 6.45) is 0.774. The molecule has 2 atom stereocenters. The van der Waals surface area contributed by atoms with Gasteiger partial charge in [0.25, 0.3) is 5.69 Å². The Morgan fingerprint density at radius 1 is 1.00 bits per heavy atom. The third kappa shape index (κ3) is 3.66. The van der Waals surface area contributed by atoms with Crippen LogP contribution in [0, 0.1) is 20.2 Å². The van der Waals surface area contributed by atoms with E-state index in [-0.39, 0.29) is 5.69 Å². The van der Waals surface area contributed by atoms with Crippen molar-refractivity contribution in [3.05, 3.63) is 91.7 Å². The molecule has 0 saturated heterocycles. The van der Waals surface area contributed by atoms with Gasteiger partial charge in [-0.2, -0.15) is 5.10 Å². The first-order valence-electron chi connectivity index (χ1n) is 9.20. The van der Waals surface area contributed by atoms with Crippen molar-refractivity contribution in [2.75, 3.05) is 5.43 Å². The van der Waals surface area contributed by atoms with E-state index >= 15 is 0 Å². The van der Waals surface area contributed by atoms with Crippen LogP contribution >= 0.6 is 0 Å². The second-order valence-corrected chi connectivity index (χ2v) is 6.85. The standard InChI is InChI=1S/C20H18N4O5/c25-23(26)15-11-9-13(10-12-15)18-19-16(22-21-14-5-2-1-3-6-14)7-4-8-17(19)29-20(18)24(27)28/h1-3,5-6,9-12,18,20-21H,4,7-8H2. The molecule has 2 aliphatic rings. The number of hydrazone groups is 1. The number of para-hydroxylation sites is 1. The molecule has 148 valence electrons. The van der Waals surface area contributed by atoms with E-state index < -0.39 is 22.0 Å². The van der Waals surface area contributed by atoms with Crippen LogP contribution in [0.5, 0.6) is 0 Å². The molecule has 0 radical (unpaired) electrons. The molecule has 29 heavy (non-hydrogen) atoms. The van der Waals surface area contributed by atoms with E-state index in [9.17, 15) is 20.2 Å². The zero-order valence-corrected chi connectivity index (χ0v) is 15.4. The van der Waals surface area contributed by atoms with Crippen LogP contribution in [-0.2, 0) is 4.74 Å². The number of nitro benzene ring substituents is 1. The molecule has 9 nitrogen and oxygen atoms in total. The highest BCUT2D eigenvalue weighted by atomic mass is 16.7. The molecule has 0 bridgehead atoms. The van der Waals surface area contributed by atoms with Gasteiger partial charge in [-0.15, -0.1) is 0 Å². The molecule has 1 N–H and O–H groups in total. The molecule has 2 aromatic rings. The van der Waals surface area contributed by atoms with Crippen molar-refractivity contribution in [1.29, 1.82) is 0 Å². The highest BCUT2D eigenvalue weighted by Crippen LogP contribution is 2.44. The monoisotopic (exact) mass is 394 g/mol. The van der Waals surface area contributed by atoms with Gasteiger partial charge in [0.1, 0.15) is 11.7 Å². The van der Waals surface area contributed by atoms with Crippen LogP contribution in [-0.4, -0.2) is 21.8 Å². The summed E-state index contributed by atoms with van der Waals surface area (Å²) >= 11 is 0. The number of hydrogen-bond acceptors (Lipinski definition) is 7. The molecule has 0 spiro atoms. The lowest BCUT2D eigenvalue weighted by atomic mass is 9.83. The first-order valence-corrected chi connectivity index (χ1v) is 9.20. The zero-order chi connectivity index (χ0) is 20.4. The average molecular weight is 394 g/mol. The van der Waals surface area contributed by atoms with Gasteiger partial charge in [-0.25, -0.2) is 0 Å². The second kappa shape index (κ2) is 7.70. The summed E-state index contributed by atoms with van der Waals surface area (Å²) in [5, 5.41) is 27.1. The van der Waals surface area contributed by atoms with Gasteiger partial charge in [0.2, 0.25) is 0 Å². The maximum absolute atomic E-state index is 11.7. The van der Waals surface area contributed by atoms with E-state index in [1.54, 1.807) is 12.1 Å². The largest absolute Gasteiger partial charge is 0.433 e. The minimum Gasteiger partial charge on any atom is -0.433 e. The van der Waals surface area contributed by atoms with Crippen LogP contribution in [0.2, 0.25) is 0 Å². The van der Waals surface area contributed by atoms with Gasteiger partial charge in [0.15, 0.2) is 0 Å². The van der Waals surface area contributed by atoms with Crippen LogP contribution in [0.1, 0.15) is 30.7 Å². The van der Waals surface area contributed by atoms with Crippen molar-refractivity contribution in [2.24, 2.45) is 5.10 Å². The van der Waals surface area contributed by atoms with Crippen molar-refractivity contribution in [3.63, 3.8) is 0 Å². The fourth-order valence-electron chi connectivity index (χ4n) is 3.74. The van der Waals surface area contributed by atoms with Crippen LogP contribution in [0.25, 0.3) is 0 Å². The minimum atomic E-state index is -1.28. The summed E-state index contributed by atoms with van der Waals surface area (Å²) in [6.45, 7) is 0. The van der Waals surface area contributed by atoms with Gasteiger partial charge >= 0.3 is 6.23 Å². The molecule has 2 aromatic carbocycles. The average Bonchev–Trinajstić information content (AvgIpc) is 3.13. The SMILES string of the molecule is O=[N+]([O-])c1ccc(C2C3=C(CCCC3=NNc3ccccc3)OC2[N+](=O)[O-])cc1. The van der Waals surface area contributed by atoms with E-state index in [2.05, 4.69) is 10.5 Å².